The lowest BCUT2D eigenvalue weighted by atomic mass is 9.96. The van der Waals surface area contributed by atoms with Crippen molar-refractivity contribution in [3.63, 3.8) is 0 Å². The number of fused-ring (bicyclic) bond motifs is 1. The first-order valence-corrected chi connectivity index (χ1v) is 47.3. The number of urea groups is 1. The Hall–Kier alpha value is -12.9. The Labute approximate surface area is 822 Å². The number of nitrogens with zero attached hydrogens (tertiary/aromatic N) is 10. The highest BCUT2D eigenvalue weighted by molar-refractivity contribution is 7.22. The molecule has 8 amide bonds. The molecule has 141 heavy (non-hydrogen) atoms. The molecule has 8 N–H and O–H groups in total. The zero-order valence-corrected chi connectivity index (χ0v) is 80.5. The number of para-hydroxylation sites is 2. The molecule has 2 aliphatic rings. The van der Waals surface area contributed by atoms with Gasteiger partial charge < -0.3 is 113 Å². The number of carboxylic acids is 2. The number of carbonyl (C=O) groups is 9. The van der Waals surface area contributed by atoms with E-state index >= 15 is 0 Å². The fourth-order valence-electron chi connectivity index (χ4n) is 14.5. The number of hydrogen-bond donors (Lipinski definition) is 7. The van der Waals surface area contributed by atoms with Gasteiger partial charge in [0.25, 0.3) is 11.8 Å². The summed E-state index contributed by atoms with van der Waals surface area (Å²) in [6.45, 7) is 13.1. The minimum absolute atomic E-state index is 0.00926. The molecule has 4 aromatic heterocycles. The zero-order valence-electron chi connectivity index (χ0n) is 79.0. The first-order valence-electron chi connectivity index (χ1n) is 46.1. The predicted octanol–water partition coefficient (Wildman–Crippen LogP) is 8.84. The summed E-state index contributed by atoms with van der Waals surface area (Å²) >= 11 is 8.57. The molecule has 9 aromatic rings. The van der Waals surface area contributed by atoms with E-state index < -0.39 is 83.5 Å². The van der Waals surface area contributed by atoms with Crippen LogP contribution in [-0.4, -0.2) is 310 Å². The summed E-state index contributed by atoms with van der Waals surface area (Å²) in [6, 6.07) is 27.5. The van der Waals surface area contributed by atoms with E-state index in [1.165, 1.54) is 29.8 Å². The van der Waals surface area contributed by atoms with E-state index in [2.05, 4.69) is 51.4 Å². The minimum atomic E-state index is -1.49. The number of halogens is 2. The van der Waals surface area contributed by atoms with E-state index in [1.54, 1.807) is 110 Å². The fourth-order valence-corrected chi connectivity index (χ4v) is 15.9. The summed E-state index contributed by atoms with van der Waals surface area (Å²) < 4.78 is 103. The first-order chi connectivity index (χ1) is 68.5. The molecule has 758 valence electrons. The van der Waals surface area contributed by atoms with Crippen molar-refractivity contribution in [3.8, 4) is 56.1 Å². The molecule has 0 spiro atoms. The van der Waals surface area contributed by atoms with Gasteiger partial charge in [0.15, 0.2) is 5.82 Å². The van der Waals surface area contributed by atoms with Crippen molar-refractivity contribution < 1.29 is 129 Å². The Morgan fingerprint density at radius 2 is 1.24 bits per heavy atom. The van der Waals surface area contributed by atoms with Crippen LogP contribution in [0.15, 0.2) is 140 Å². The average Bonchev–Trinajstić information content (AvgIpc) is 1.59. The summed E-state index contributed by atoms with van der Waals surface area (Å²) in [6.07, 6.45) is 4.73. The summed E-state index contributed by atoms with van der Waals surface area (Å²) in [5, 5.41) is 39.6. The molecule has 6 heterocycles. The first kappa shape index (κ1) is 109. The number of thiophene rings is 1. The molecule has 5 aromatic carbocycles. The summed E-state index contributed by atoms with van der Waals surface area (Å²) in [5.41, 5.74) is 11.4. The molecular formula is C97H119ClFN15O26S. The average molecular weight is 2000 g/mol. The van der Waals surface area contributed by atoms with Crippen LogP contribution in [0, 0.1) is 18.7 Å². The molecular weight excluding hydrogens is 1880 g/mol. The summed E-state index contributed by atoms with van der Waals surface area (Å²) in [7, 11) is 1.57. The van der Waals surface area contributed by atoms with Gasteiger partial charge in [-0.15, -0.1) is 16.4 Å². The standard InChI is InChI=1S/C97H119ClFN15O26S/c1-64(2)88(108-81(115)26-37-127-40-36-114-82(116)23-24-83(114)117)92(121)107-76(12-9-28-102-96(100)124)91(120)106-71-20-17-68(69(56-71)59-136-61-73-58-113(110-109-73)35-39-129-43-45-131-47-49-133-51-53-135-55-54-134-52-50-132-48-46-130-44-42-128-38-27-84(118)119)60-139-97(125)112-32-30-111(31-33-112)34-41-137-79-22-21-74(65(3)87(79)98)85-86-93(103-63-104-94(86)141-89(85)66-15-18-70(99)19-16-66)140-80(95(122)123)57-67-10-5-7-13-77(67)138-62-72-25-29-101-90(105-72)75-11-6-8-14-78(75)126-4/h5-8,10-11,13-25,29,56,58,63-64,76,80,88H,9,12,26-28,30-55,57,59-62H2,1-4H3,(H,106,120)(H,107,121)(H,108,115)(H,118,119)(H,122,123)(H3,100,102,124)/t76-,80+,88-/m0/s1. The molecule has 41 nitrogen and oxygen atoms in total. The molecule has 0 unspecified atom stereocenters. The fraction of sp³-hybridized carbons (Fsp3) is 0.454. The number of aromatic nitrogens is 7. The molecule has 0 aliphatic carbocycles. The van der Waals surface area contributed by atoms with Crippen molar-refractivity contribution in [2.75, 3.05) is 184 Å². The normalized spacial score (nSPS) is 13.3. The second kappa shape index (κ2) is 58.4. The van der Waals surface area contributed by atoms with Crippen molar-refractivity contribution in [2.24, 2.45) is 11.7 Å². The molecule has 0 radical (unpaired) electrons. The highest BCUT2D eigenvalue weighted by atomic mass is 35.5. The number of carbonyl (C=O) groups excluding carboxylic acids is 7. The van der Waals surface area contributed by atoms with Crippen LogP contribution in [0.1, 0.15) is 73.2 Å². The van der Waals surface area contributed by atoms with E-state index in [9.17, 15) is 52.6 Å². The lowest BCUT2D eigenvalue weighted by molar-refractivity contribution is -0.145. The van der Waals surface area contributed by atoms with Crippen LogP contribution in [0.2, 0.25) is 5.02 Å². The molecule has 0 saturated carbocycles. The van der Waals surface area contributed by atoms with Crippen LogP contribution in [0.5, 0.6) is 23.1 Å². The Kier molecular flexibility index (Phi) is 44.9. The number of rotatable bonds is 65. The molecule has 44 heteroatoms. The Bertz CT molecular complexity index is 5580. The SMILES string of the molecule is COc1ccccc1-c1nccc(COc2ccccc2C[C@@H](Oc2ncnc3sc(-c4ccc(F)cc4)c(-c4ccc(OCCN5CCN(C(=O)OCc6ccc(NC(=O)[C@H](CCCNC(N)=O)NC(=O)[C@@H](NC(=O)CCOCCN7C(=O)C=CC7=O)C(C)C)cc6COCc6cn(CCOCCOCCOCCOCCOCCOCCOCCOCCC(=O)O)nn6)CC5)c(Cl)c4C)c23)C(=O)O)n1. The third-order valence-corrected chi connectivity index (χ3v) is 23.6. The van der Waals surface area contributed by atoms with E-state index in [1.807, 2.05) is 37.3 Å². The van der Waals surface area contributed by atoms with Gasteiger partial charge >= 0.3 is 24.1 Å². The van der Waals surface area contributed by atoms with Crippen LogP contribution in [0.3, 0.4) is 0 Å². The van der Waals surface area contributed by atoms with Gasteiger partial charge in [-0.1, -0.05) is 85.3 Å². The topological polar surface area (TPSA) is 499 Å². The number of aliphatic carboxylic acids is 2. The number of anilines is 1. The molecule has 0 bridgehead atoms. The number of hydrogen-bond acceptors (Lipinski definition) is 32. The molecule has 11 rings (SSSR count). The van der Waals surface area contributed by atoms with Crippen LogP contribution in [0.4, 0.5) is 19.7 Å². The van der Waals surface area contributed by atoms with Crippen LogP contribution in [0.25, 0.3) is 43.2 Å². The lowest BCUT2D eigenvalue weighted by Crippen LogP contribution is -2.54. The number of imide groups is 1. The third-order valence-electron chi connectivity index (χ3n) is 22.0. The van der Waals surface area contributed by atoms with Crippen molar-refractivity contribution in [1.29, 1.82) is 0 Å². The largest absolute Gasteiger partial charge is 0.496 e. The quantitative estimate of drug-likeness (QED) is 0.0138. The zero-order chi connectivity index (χ0) is 100. The third kappa shape index (κ3) is 35.4. The van der Waals surface area contributed by atoms with Crippen molar-refractivity contribution in [1.82, 2.24) is 65.6 Å². The van der Waals surface area contributed by atoms with E-state index in [0.29, 0.717) is 237 Å². The van der Waals surface area contributed by atoms with E-state index in [4.69, 9.17) is 98.5 Å². The Morgan fingerprint density at radius 1 is 0.603 bits per heavy atom. The molecule has 1 saturated heterocycles. The van der Waals surface area contributed by atoms with Crippen LogP contribution >= 0.6 is 22.9 Å². The maximum atomic E-state index is 14.6. The van der Waals surface area contributed by atoms with Crippen molar-refractivity contribution in [2.45, 2.75) is 104 Å². The predicted molar refractivity (Wildman–Crippen MR) is 511 cm³/mol. The van der Waals surface area contributed by atoms with E-state index in [-0.39, 0.29) is 110 Å². The summed E-state index contributed by atoms with van der Waals surface area (Å²) in [4.78, 5) is 140. The lowest BCUT2D eigenvalue weighted by Gasteiger charge is -2.34. The second-order valence-corrected chi connectivity index (χ2v) is 33.7. The van der Waals surface area contributed by atoms with Crippen LogP contribution < -0.4 is 45.9 Å². The number of amides is 8. The number of nitrogens with one attached hydrogen (secondary N) is 4. The van der Waals surface area contributed by atoms with Gasteiger partial charge in [-0.05, 0) is 114 Å². The van der Waals surface area contributed by atoms with Gasteiger partial charge in [-0.25, -0.2) is 43.4 Å². The molecule has 2 aliphatic heterocycles. The van der Waals surface area contributed by atoms with Gasteiger partial charge in [-0.2, -0.15) is 0 Å². The van der Waals surface area contributed by atoms with Gasteiger partial charge in [0.05, 0.1) is 187 Å². The van der Waals surface area contributed by atoms with Gasteiger partial charge in [-0.3, -0.25) is 38.6 Å². The van der Waals surface area contributed by atoms with Crippen LogP contribution in [-0.2, 0) is 125 Å². The number of primary amides is 1. The molecule has 1 fully saturated rings. The highest BCUT2D eigenvalue weighted by Crippen LogP contribution is 2.50. The number of piperazine rings is 1. The summed E-state index contributed by atoms with van der Waals surface area (Å²) in [5.74, 6) is -4.07. The smallest absolute Gasteiger partial charge is 0.410 e. The van der Waals surface area contributed by atoms with E-state index in [0.717, 1.165) is 17.1 Å². The Balaban J connectivity index is 0.671. The molecule has 3 atom stereocenters. The monoisotopic (exact) mass is 2000 g/mol. The van der Waals surface area contributed by atoms with Gasteiger partial charge in [0.1, 0.15) is 71.8 Å². The van der Waals surface area contributed by atoms with Crippen molar-refractivity contribution >= 4 is 92.4 Å². The Morgan fingerprint density at radius 3 is 1.90 bits per heavy atom. The maximum absolute atomic E-state index is 14.6. The number of methoxy groups -OCH3 is 1. The number of ether oxygens (including phenoxy) is 15. The minimum Gasteiger partial charge on any atom is -0.496 e. The maximum Gasteiger partial charge on any atom is 0.410 e. The van der Waals surface area contributed by atoms with Gasteiger partial charge in [0, 0.05) is 86.6 Å². The number of nitrogens with two attached hydrogens (primary N) is 1. The number of benzene rings is 5. The van der Waals surface area contributed by atoms with Crippen molar-refractivity contribution in [3.05, 3.63) is 185 Å². The number of carboxylic acid groups (broad SMARTS) is 2. The van der Waals surface area contributed by atoms with Gasteiger partial charge in [0.2, 0.25) is 29.7 Å². The second-order valence-electron chi connectivity index (χ2n) is 32.4. The highest BCUT2D eigenvalue weighted by Gasteiger charge is 2.33.